The zero-order valence-electron chi connectivity index (χ0n) is 17.0. The largest absolute Gasteiger partial charge is 0.368 e. The van der Waals surface area contributed by atoms with E-state index in [0.29, 0.717) is 5.75 Å². The maximum absolute atomic E-state index is 12.9. The highest BCUT2D eigenvalue weighted by Gasteiger charge is 2.22. The lowest BCUT2D eigenvalue weighted by Gasteiger charge is -2.36. The number of thioether (sulfide) groups is 1. The molecule has 0 spiro atoms. The van der Waals surface area contributed by atoms with Crippen molar-refractivity contribution < 1.29 is 4.79 Å². The standard InChI is InChI=1S/C25H22ClN3OS/c26-18-6-5-7-19(16-18)28-12-14-29(15-13-28)24(30)17-31-25-22-10-2-1-8-20(22)21-9-3-4-11-23(21)27-25/h1-11,16H,12-15,17H2. The van der Waals surface area contributed by atoms with Crippen molar-refractivity contribution in [1.29, 1.82) is 0 Å². The van der Waals surface area contributed by atoms with E-state index in [9.17, 15) is 4.79 Å². The minimum absolute atomic E-state index is 0.162. The van der Waals surface area contributed by atoms with Crippen LogP contribution in [0.2, 0.25) is 5.02 Å². The highest BCUT2D eigenvalue weighted by atomic mass is 35.5. The third-order valence-electron chi connectivity index (χ3n) is 5.71. The van der Waals surface area contributed by atoms with Crippen LogP contribution in [0.4, 0.5) is 5.69 Å². The predicted octanol–water partition coefficient (Wildman–Crippen LogP) is 5.48. The lowest BCUT2D eigenvalue weighted by molar-refractivity contribution is -0.128. The number of benzene rings is 3. The molecule has 1 amide bonds. The highest BCUT2D eigenvalue weighted by molar-refractivity contribution is 8.00. The summed E-state index contributed by atoms with van der Waals surface area (Å²) in [7, 11) is 0. The van der Waals surface area contributed by atoms with Crippen molar-refractivity contribution in [3.05, 3.63) is 77.8 Å². The van der Waals surface area contributed by atoms with E-state index in [0.717, 1.165) is 58.2 Å². The molecule has 0 N–H and O–H groups in total. The van der Waals surface area contributed by atoms with Crippen LogP contribution in [0.15, 0.2) is 77.8 Å². The van der Waals surface area contributed by atoms with E-state index in [1.165, 1.54) is 17.1 Å². The zero-order chi connectivity index (χ0) is 21.2. The van der Waals surface area contributed by atoms with Crippen molar-refractivity contribution in [3.8, 4) is 0 Å². The molecule has 0 saturated carbocycles. The molecule has 0 bridgehead atoms. The fourth-order valence-electron chi connectivity index (χ4n) is 4.09. The molecule has 31 heavy (non-hydrogen) atoms. The first kappa shape index (κ1) is 20.2. The van der Waals surface area contributed by atoms with Gasteiger partial charge >= 0.3 is 0 Å². The number of fused-ring (bicyclic) bond motifs is 3. The first-order chi connectivity index (χ1) is 15.2. The van der Waals surface area contributed by atoms with Crippen molar-refractivity contribution in [2.24, 2.45) is 0 Å². The second-order valence-corrected chi connectivity index (χ2v) is 9.02. The average molecular weight is 448 g/mol. The van der Waals surface area contributed by atoms with E-state index in [1.807, 2.05) is 53.4 Å². The molecule has 1 aliphatic rings. The number of nitrogens with zero attached hydrogens (tertiary/aromatic N) is 3. The van der Waals surface area contributed by atoms with Crippen LogP contribution in [0.3, 0.4) is 0 Å². The molecule has 0 unspecified atom stereocenters. The summed E-state index contributed by atoms with van der Waals surface area (Å²) in [6.07, 6.45) is 0. The lowest BCUT2D eigenvalue weighted by atomic mass is 10.1. The minimum Gasteiger partial charge on any atom is -0.368 e. The van der Waals surface area contributed by atoms with E-state index in [1.54, 1.807) is 0 Å². The van der Waals surface area contributed by atoms with Gasteiger partial charge in [0.25, 0.3) is 0 Å². The van der Waals surface area contributed by atoms with Gasteiger partial charge in [-0.3, -0.25) is 4.79 Å². The third kappa shape index (κ3) is 4.21. The number of para-hydroxylation sites is 1. The summed E-state index contributed by atoms with van der Waals surface area (Å²) >= 11 is 7.65. The predicted molar refractivity (Wildman–Crippen MR) is 130 cm³/mol. The summed E-state index contributed by atoms with van der Waals surface area (Å²) in [6, 6.07) is 24.4. The maximum atomic E-state index is 12.9. The van der Waals surface area contributed by atoms with Crippen molar-refractivity contribution in [2.75, 3.05) is 36.8 Å². The van der Waals surface area contributed by atoms with E-state index in [-0.39, 0.29) is 5.91 Å². The molecule has 2 heterocycles. The first-order valence-corrected chi connectivity index (χ1v) is 11.7. The van der Waals surface area contributed by atoms with Gasteiger partial charge in [0.15, 0.2) is 0 Å². The summed E-state index contributed by atoms with van der Waals surface area (Å²) in [4.78, 5) is 22.0. The first-order valence-electron chi connectivity index (χ1n) is 10.4. The molecular weight excluding hydrogens is 426 g/mol. The number of rotatable bonds is 4. The molecule has 0 aliphatic carbocycles. The molecule has 6 heteroatoms. The van der Waals surface area contributed by atoms with E-state index in [2.05, 4.69) is 29.2 Å². The third-order valence-corrected chi connectivity index (χ3v) is 6.92. The Labute approximate surface area is 190 Å². The molecule has 3 aromatic carbocycles. The number of aromatic nitrogens is 1. The van der Waals surface area contributed by atoms with Gasteiger partial charge in [-0.1, -0.05) is 71.9 Å². The molecular formula is C25H22ClN3OS. The van der Waals surface area contributed by atoms with Crippen LogP contribution in [0.1, 0.15) is 0 Å². The van der Waals surface area contributed by atoms with Gasteiger partial charge in [0.1, 0.15) is 5.03 Å². The molecule has 1 aliphatic heterocycles. The van der Waals surface area contributed by atoms with Gasteiger partial charge in [-0.05, 0) is 29.7 Å². The van der Waals surface area contributed by atoms with Crippen LogP contribution in [-0.2, 0) is 4.79 Å². The molecule has 1 saturated heterocycles. The average Bonchev–Trinajstić information content (AvgIpc) is 2.82. The van der Waals surface area contributed by atoms with Crippen molar-refractivity contribution in [3.63, 3.8) is 0 Å². The van der Waals surface area contributed by atoms with Gasteiger partial charge < -0.3 is 9.80 Å². The fourth-order valence-corrected chi connectivity index (χ4v) is 5.21. The van der Waals surface area contributed by atoms with Crippen molar-refractivity contribution in [2.45, 2.75) is 5.03 Å². The van der Waals surface area contributed by atoms with Crippen LogP contribution >= 0.6 is 23.4 Å². The van der Waals surface area contributed by atoms with Gasteiger partial charge in [0, 0.05) is 47.7 Å². The summed E-state index contributed by atoms with van der Waals surface area (Å²) in [6.45, 7) is 3.07. The molecule has 0 atom stereocenters. The molecule has 156 valence electrons. The fraction of sp³-hybridized carbons (Fsp3) is 0.200. The van der Waals surface area contributed by atoms with Crippen LogP contribution in [-0.4, -0.2) is 47.7 Å². The van der Waals surface area contributed by atoms with Gasteiger partial charge in [-0.2, -0.15) is 0 Å². The second kappa shape index (κ2) is 8.77. The number of anilines is 1. The Morgan fingerprint density at radius 2 is 1.58 bits per heavy atom. The Morgan fingerprint density at radius 1 is 0.871 bits per heavy atom. The number of pyridine rings is 1. The monoisotopic (exact) mass is 447 g/mol. The Hall–Kier alpha value is -2.76. The SMILES string of the molecule is O=C(CSc1nc2ccccc2c2ccccc12)N1CCN(c2cccc(Cl)c2)CC1. The summed E-state index contributed by atoms with van der Waals surface area (Å²) in [5.74, 6) is 0.557. The lowest BCUT2D eigenvalue weighted by Crippen LogP contribution is -2.49. The second-order valence-electron chi connectivity index (χ2n) is 7.62. The van der Waals surface area contributed by atoms with Gasteiger partial charge in [0.2, 0.25) is 5.91 Å². The molecule has 0 radical (unpaired) electrons. The van der Waals surface area contributed by atoms with Crippen LogP contribution in [0.25, 0.3) is 21.7 Å². The van der Waals surface area contributed by atoms with Crippen LogP contribution in [0, 0.1) is 0 Å². The molecule has 1 fully saturated rings. The Morgan fingerprint density at radius 3 is 2.35 bits per heavy atom. The Bertz CT molecular complexity index is 1250. The molecule has 5 rings (SSSR count). The van der Waals surface area contributed by atoms with Gasteiger partial charge in [-0.15, -0.1) is 0 Å². The summed E-state index contributed by atoms with van der Waals surface area (Å²) in [5, 5.41) is 5.08. The quantitative estimate of drug-likeness (QED) is 0.306. The van der Waals surface area contributed by atoms with E-state index in [4.69, 9.17) is 16.6 Å². The highest BCUT2D eigenvalue weighted by Crippen LogP contribution is 2.32. The topological polar surface area (TPSA) is 36.4 Å². The van der Waals surface area contributed by atoms with E-state index >= 15 is 0 Å². The number of halogens is 1. The number of carbonyl (C=O) groups excluding carboxylic acids is 1. The van der Waals surface area contributed by atoms with Crippen molar-refractivity contribution in [1.82, 2.24) is 9.88 Å². The van der Waals surface area contributed by atoms with E-state index < -0.39 is 0 Å². The number of piperazine rings is 1. The number of amides is 1. The Kier molecular flexibility index (Phi) is 5.70. The Balaban J connectivity index is 1.27. The minimum atomic E-state index is 0.162. The number of carbonyl (C=O) groups is 1. The van der Waals surface area contributed by atoms with Crippen molar-refractivity contribution >= 4 is 56.6 Å². The summed E-state index contributed by atoms with van der Waals surface area (Å²) in [5.41, 5.74) is 2.08. The number of hydrogen-bond acceptors (Lipinski definition) is 4. The molecule has 4 nitrogen and oxygen atoms in total. The summed E-state index contributed by atoms with van der Waals surface area (Å²) < 4.78 is 0. The van der Waals surface area contributed by atoms with Crippen LogP contribution < -0.4 is 4.90 Å². The van der Waals surface area contributed by atoms with Gasteiger partial charge in [0.05, 0.1) is 11.3 Å². The maximum Gasteiger partial charge on any atom is 0.233 e. The van der Waals surface area contributed by atoms with Crippen LogP contribution in [0.5, 0.6) is 0 Å². The normalized spacial score (nSPS) is 14.4. The van der Waals surface area contributed by atoms with Gasteiger partial charge in [-0.25, -0.2) is 4.98 Å². The number of hydrogen-bond donors (Lipinski definition) is 0. The molecule has 4 aromatic rings. The zero-order valence-corrected chi connectivity index (χ0v) is 18.6. The smallest absolute Gasteiger partial charge is 0.233 e. The molecule has 1 aromatic heterocycles.